The van der Waals surface area contributed by atoms with Crippen molar-refractivity contribution in [2.24, 2.45) is 0 Å². The number of amides is 1. The molecule has 0 aromatic heterocycles. The smallest absolute Gasteiger partial charge is 0.404 e. The van der Waals surface area contributed by atoms with Crippen LogP contribution in [0.4, 0.5) is 4.79 Å². The lowest BCUT2D eigenvalue weighted by atomic mass is 10.3. The Hall–Kier alpha value is -1.79. The van der Waals surface area contributed by atoms with Gasteiger partial charge in [-0.1, -0.05) is 18.2 Å². The number of ether oxygens (including phenoxy) is 1. The van der Waals surface area contributed by atoms with E-state index in [1.165, 1.54) is 0 Å². The summed E-state index contributed by atoms with van der Waals surface area (Å²) in [7, 11) is 0. The van der Waals surface area contributed by atoms with Gasteiger partial charge in [-0.05, 0) is 12.1 Å². The molecular weight excluding hydrogens is 236 g/mol. The van der Waals surface area contributed by atoms with Gasteiger partial charge >= 0.3 is 6.09 Å². The number of carbonyl (C=O) groups is 1. The molecule has 0 saturated heterocycles. The zero-order valence-corrected chi connectivity index (χ0v) is 10.0. The molecule has 1 aromatic carbocycles. The van der Waals surface area contributed by atoms with Gasteiger partial charge in [-0.3, -0.25) is 5.32 Å². The molecule has 0 aliphatic rings. The Morgan fingerprint density at radius 3 is 2.67 bits per heavy atom. The van der Waals surface area contributed by atoms with Crippen molar-refractivity contribution < 1.29 is 19.7 Å². The molecule has 18 heavy (non-hydrogen) atoms. The van der Waals surface area contributed by atoms with Gasteiger partial charge < -0.3 is 20.3 Å². The third-order valence-corrected chi connectivity index (χ3v) is 2.19. The van der Waals surface area contributed by atoms with E-state index in [1.807, 2.05) is 30.3 Å². The summed E-state index contributed by atoms with van der Waals surface area (Å²) >= 11 is 0. The SMILES string of the molecule is O=C(O)NCCC(O)NCCOc1ccccc1. The number of nitrogens with one attached hydrogen (secondary N) is 2. The lowest BCUT2D eigenvalue weighted by Crippen LogP contribution is -2.35. The van der Waals surface area contributed by atoms with Crippen molar-refractivity contribution in [3.8, 4) is 5.75 Å². The van der Waals surface area contributed by atoms with Crippen LogP contribution in [0.1, 0.15) is 6.42 Å². The molecule has 0 heterocycles. The van der Waals surface area contributed by atoms with Crippen LogP contribution in [0.5, 0.6) is 5.75 Å². The number of benzene rings is 1. The fourth-order valence-electron chi connectivity index (χ4n) is 1.33. The molecule has 6 heteroatoms. The number of hydrogen-bond donors (Lipinski definition) is 4. The number of hydrogen-bond acceptors (Lipinski definition) is 4. The van der Waals surface area contributed by atoms with Gasteiger partial charge in [-0.25, -0.2) is 4.79 Å². The van der Waals surface area contributed by atoms with E-state index in [2.05, 4.69) is 10.6 Å². The maximum atomic E-state index is 10.2. The molecule has 0 fully saturated rings. The summed E-state index contributed by atoms with van der Waals surface area (Å²) in [5, 5.41) is 22.8. The number of aliphatic hydroxyl groups excluding tert-OH is 1. The lowest BCUT2D eigenvalue weighted by Gasteiger charge is -2.13. The minimum Gasteiger partial charge on any atom is -0.492 e. The van der Waals surface area contributed by atoms with Crippen LogP contribution < -0.4 is 15.4 Å². The highest BCUT2D eigenvalue weighted by Crippen LogP contribution is 2.07. The second-order valence-corrected chi connectivity index (χ2v) is 3.65. The van der Waals surface area contributed by atoms with Crippen molar-refractivity contribution in [2.75, 3.05) is 19.7 Å². The monoisotopic (exact) mass is 254 g/mol. The average Bonchev–Trinajstić information content (AvgIpc) is 2.35. The Balaban J connectivity index is 2.02. The Kier molecular flexibility index (Phi) is 6.60. The molecule has 1 amide bonds. The third-order valence-electron chi connectivity index (χ3n) is 2.19. The van der Waals surface area contributed by atoms with Crippen molar-refractivity contribution in [1.29, 1.82) is 0 Å². The van der Waals surface area contributed by atoms with Gasteiger partial charge in [-0.15, -0.1) is 0 Å². The van der Waals surface area contributed by atoms with Crippen LogP contribution in [0, 0.1) is 0 Å². The van der Waals surface area contributed by atoms with Crippen LogP contribution in [-0.2, 0) is 0 Å². The van der Waals surface area contributed by atoms with Crippen molar-refractivity contribution in [3.63, 3.8) is 0 Å². The van der Waals surface area contributed by atoms with Gasteiger partial charge in [-0.2, -0.15) is 0 Å². The summed E-state index contributed by atoms with van der Waals surface area (Å²) in [5.41, 5.74) is 0. The molecule has 4 N–H and O–H groups in total. The first-order chi connectivity index (χ1) is 8.68. The molecule has 1 aromatic rings. The number of aliphatic hydroxyl groups is 1. The number of para-hydroxylation sites is 1. The predicted octanol–water partition coefficient (Wildman–Crippen LogP) is 0.631. The Bertz CT molecular complexity index is 345. The summed E-state index contributed by atoms with van der Waals surface area (Å²) < 4.78 is 5.42. The quantitative estimate of drug-likeness (QED) is 0.403. The Morgan fingerprint density at radius 2 is 2.00 bits per heavy atom. The standard InChI is InChI=1S/C12H18N2O4/c15-11(6-7-14-12(16)17)13-8-9-18-10-4-2-1-3-5-10/h1-5,11,13-15H,6-9H2,(H,16,17). The first kappa shape index (κ1) is 14.3. The predicted molar refractivity (Wildman–Crippen MR) is 66.6 cm³/mol. The normalized spacial score (nSPS) is 11.8. The van der Waals surface area contributed by atoms with E-state index in [1.54, 1.807) is 0 Å². The molecule has 100 valence electrons. The second kappa shape index (κ2) is 8.32. The highest BCUT2D eigenvalue weighted by molar-refractivity contribution is 5.64. The van der Waals surface area contributed by atoms with E-state index in [0.717, 1.165) is 5.75 Å². The first-order valence-corrected chi connectivity index (χ1v) is 5.74. The molecule has 0 aliphatic heterocycles. The van der Waals surface area contributed by atoms with Crippen LogP contribution in [0.2, 0.25) is 0 Å². The van der Waals surface area contributed by atoms with Crippen molar-refractivity contribution in [3.05, 3.63) is 30.3 Å². The first-order valence-electron chi connectivity index (χ1n) is 5.74. The zero-order valence-electron chi connectivity index (χ0n) is 10.0. The number of rotatable bonds is 8. The highest BCUT2D eigenvalue weighted by Gasteiger charge is 2.03. The largest absolute Gasteiger partial charge is 0.492 e. The summed E-state index contributed by atoms with van der Waals surface area (Å²) in [4.78, 5) is 10.2. The van der Waals surface area contributed by atoms with Crippen LogP contribution in [0.25, 0.3) is 0 Å². The van der Waals surface area contributed by atoms with Gasteiger partial charge in [0.1, 0.15) is 18.6 Å². The van der Waals surface area contributed by atoms with Gasteiger partial charge in [0.05, 0.1) is 0 Å². The molecule has 0 radical (unpaired) electrons. The maximum Gasteiger partial charge on any atom is 0.404 e. The topological polar surface area (TPSA) is 90.8 Å². The van der Waals surface area contributed by atoms with Gasteiger partial charge in [0.25, 0.3) is 0 Å². The molecule has 6 nitrogen and oxygen atoms in total. The van der Waals surface area contributed by atoms with E-state index in [9.17, 15) is 9.90 Å². The second-order valence-electron chi connectivity index (χ2n) is 3.65. The minimum absolute atomic E-state index is 0.211. The van der Waals surface area contributed by atoms with Gasteiger partial charge in [0, 0.05) is 19.5 Å². The van der Waals surface area contributed by atoms with Crippen LogP contribution >= 0.6 is 0 Å². The fourth-order valence-corrected chi connectivity index (χ4v) is 1.33. The van der Waals surface area contributed by atoms with E-state index in [4.69, 9.17) is 9.84 Å². The zero-order chi connectivity index (χ0) is 13.2. The maximum absolute atomic E-state index is 10.2. The van der Waals surface area contributed by atoms with E-state index in [-0.39, 0.29) is 6.54 Å². The number of carboxylic acid groups (broad SMARTS) is 1. The molecule has 0 bridgehead atoms. The van der Waals surface area contributed by atoms with Crippen LogP contribution in [0.15, 0.2) is 30.3 Å². The van der Waals surface area contributed by atoms with Crippen LogP contribution in [-0.4, -0.2) is 42.2 Å². The molecule has 1 rings (SSSR count). The molecule has 0 aliphatic carbocycles. The van der Waals surface area contributed by atoms with Crippen LogP contribution in [0.3, 0.4) is 0 Å². The van der Waals surface area contributed by atoms with Crippen molar-refractivity contribution in [1.82, 2.24) is 10.6 Å². The molecule has 1 unspecified atom stereocenters. The summed E-state index contributed by atoms with van der Waals surface area (Å²) in [6.07, 6.45) is -1.51. The fraction of sp³-hybridized carbons (Fsp3) is 0.417. The van der Waals surface area contributed by atoms with E-state index < -0.39 is 12.3 Å². The minimum atomic E-state index is -1.09. The Morgan fingerprint density at radius 1 is 1.28 bits per heavy atom. The summed E-state index contributed by atoms with van der Waals surface area (Å²) in [6, 6.07) is 9.38. The molecule has 0 saturated carbocycles. The van der Waals surface area contributed by atoms with E-state index >= 15 is 0 Å². The Labute approximate surface area is 106 Å². The molecular formula is C12H18N2O4. The summed E-state index contributed by atoms with van der Waals surface area (Å²) in [6.45, 7) is 1.14. The van der Waals surface area contributed by atoms with E-state index in [0.29, 0.717) is 19.6 Å². The molecule has 1 atom stereocenters. The average molecular weight is 254 g/mol. The van der Waals surface area contributed by atoms with Gasteiger partial charge in [0.2, 0.25) is 0 Å². The molecule has 0 spiro atoms. The third kappa shape index (κ3) is 6.72. The highest BCUT2D eigenvalue weighted by atomic mass is 16.5. The lowest BCUT2D eigenvalue weighted by molar-refractivity contribution is 0.120. The van der Waals surface area contributed by atoms with Crippen molar-refractivity contribution >= 4 is 6.09 Å². The van der Waals surface area contributed by atoms with Gasteiger partial charge in [0.15, 0.2) is 0 Å². The summed E-state index contributed by atoms with van der Waals surface area (Å²) in [5.74, 6) is 0.779. The van der Waals surface area contributed by atoms with Crippen molar-refractivity contribution in [2.45, 2.75) is 12.6 Å².